The maximum absolute atomic E-state index is 2.56. The van der Waals surface area contributed by atoms with Gasteiger partial charge in [0.05, 0.1) is 0 Å². The first-order valence-corrected chi connectivity index (χ1v) is 9.76. The van der Waals surface area contributed by atoms with Crippen LogP contribution in [0.15, 0.2) is 12.2 Å². The van der Waals surface area contributed by atoms with Gasteiger partial charge in [0.15, 0.2) is 0 Å². The van der Waals surface area contributed by atoms with Crippen LogP contribution in [0.5, 0.6) is 0 Å². The van der Waals surface area contributed by atoms with Crippen LogP contribution in [0.2, 0.25) is 0 Å². The fourth-order valence-electron chi connectivity index (χ4n) is 6.12. The van der Waals surface area contributed by atoms with Gasteiger partial charge in [-0.1, -0.05) is 39.3 Å². The lowest BCUT2D eigenvalue weighted by Crippen LogP contribution is -2.58. The smallest absolute Gasteiger partial charge is 0.0323 e. The lowest BCUT2D eigenvalue weighted by molar-refractivity contribution is -0.158. The molecule has 21 heavy (non-hydrogen) atoms. The van der Waals surface area contributed by atoms with Gasteiger partial charge >= 0.3 is 0 Å². The number of allylic oxidation sites excluding steroid dienone is 2. The zero-order chi connectivity index (χ0) is 15.0. The highest BCUT2D eigenvalue weighted by Crippen LogP contribution is 2.64. The van der Waals surface area contributed by atoms with Crippen LogP contribution in [0.3, 0.4) is 0 Å². The normalized spacial score (nSPS) is 46.4. The maximum Gasteiger partial charge on any atom is -0.0323 e. The minimum atomic E-state index is 1.02. The minimum absolute atomic E-state index is 1.02. The highest BCUT2D eigenvalue weighted by atomic mass is 14.6. The molecule has 0 aromatic rings. The second-order valence-electron chi connectivity index (χ2n) is 8.65. The van der Waals surface area contributed by atoms with Crippen molar-refractivity contribution < 1.29 is 0 Å². The molecule has 3 aliphatic rings. The Morgan fingerprint density at radius 3 is 2.52 bits per heavy atom. The average molecular weight is 289 g/mol. The van der Waals surface area contributed by atoms with Crippen LogP contribution in [0.25, 0.3) is 0 Å². The lowest BCUT2D eigenvalue weighted by Gasteiger charge is -2.64. The van der Waals surface area contributed by atoms with E-state index < -0.39 is 0 Å². The van der Waals surface area contributed by atoms with Gasteiger partial charge in [0.2, 0.25) is 0 Å². The molecule has 0 radical (unpaired) electrons. The van der Waals surface area contributed by atoms with Crippen LogP contribution in [0.4, 0.5) is 0 Å². The Hall–Kier alpha value is -0.260. The van der Waals surface area contributed by atoms with E-state index in [0.29, 0.717) is 0 Å². The number of hydrogen-bond acceptors (Lipinski definition) is 0. The Morgan fingerprint density at radius 1 is 1.14 bits per heavy atom. The summed E-state index contributed by atoms with van der Waals surface area (Å²) < 4.78 is 0. The molecule has 6 unspecified atom stereocenters. The second-order valence-corrected chi connectivity index (χ2v) is 8.65. The van der Waals surface area contributed by atoms with Gasteiger partial charge in [0.1, 0.15) is 0 Å². The molecular weight excluding hydrogens is 252 g/mol. The van der Waals surface area contributed by atoms with Gasteiger partial charge in [-0.2, -0.15) is 0 Å². The number of hydrogen-bond donors (Lipinski definition) is 0. The predicted molar refractivity (Wildman–Crippen MR) is 92.1 cm³/mol. The third-order valence-electron chi connectivity index (χ3n) is 7.57. The topological polar surface area (TPSA) is 0 Å². The third-order valence-corrected chi connectivity index (χ3v) is 7.57. The Morgan fingerprint density at radius 2 is 1.90 bits per heavy atom. The summed E-state index contributed by atoms with van der Waals surface area (Å²) >= 11 is 0. The van der Waals surface area contributed by atoms with Crippen molar-refractivity contribution in [3.63, 3.8) is 0 Å². The van der Waals surface area contributed by atoms with Crippen molar-refractivity contribution >= 4 is 0 Å². The zero-order valence-corrected chi connectivity index (χ0v) is 14.7. The quantitative estimate of drug-likeness (QED) is 0.481. The van der Waals surface area contributed by atoms with E-state index in [2.05, 4.69) is 39.8 Å². The summed E-state index contributed by atoms with van der Waals surface area (Å²) in [4.78, 5) is 0. The molecule has 120 valence electrons. The van der Waals surface area contributed by atoms with Crippen molar-refractivity contribution in [2.45, 2.75) is 72.6 Å². The van der Waals surface area contributed by atoms with Gasteiger partial charge in [-0.15, -0.1) is 0 Å². The second kappa shape index (κ2) is 6.47. The SMILES string of the molecule is CC=CCCC1CC2C(C)C(CC(CC)C3CC(C)C3)C12. The van der Waals surface area contributed by atoms with E-state index >= 15 is 0 Å². The Kier molecular flexibility index (Phi) is 4.81. The van der Waals surface area contributed by atoms with Crippen LogP contribution in [0, 0.1) is 47.3 Å². The van der Waals surface area contributed by atoms with Crippen LogP contribution in [0.1, 0.15) is 72.6 Å². The fourth-order valence-corrected chi connectivity index (χ4v) is 6.12. The van der Waals surface area contributed by atoms with Gasteiger partial charge in [-0.3, -0.25) is 0 Å². The first-order chi connectivity index (χ1) is 10.2. The summed E-state index contributed by atoms with van der Waals surface area (Å²) in [5, 5.41) is 0. The van der Waals surface area contributed by atoms with Crippen LogP contribution < -0.4 is 0 Å². The van der Waals surface area contributed by atoms with Crippen molar-refractivity contribution in [1.82, 2.24) is 0 Å². The summed E-state index contributed by atoms with van der Waals surface area (Å²) in [7, 11) is 0. The highest BCUT2D eigenvalue weighted by Gasteiger charge is 2.58. The van der Waals surface area contributed by atoms with Gasteiger partial charge in [-0.25, -0.2) is 0 Å². The molecule has 0 aromatic carbocycles. The molecule has 0 bridgehead atoms. The van der Waals surface area contributed by atoms with Crippen molar-refractivity contribution in [2.75, 3.05) is 0 Å². The molecule has 0 heterocycles. The van der Waals surface area contributed by atoms with Gasteiger partial charge in [-0.05, 0) is 92.8 Å². The van der Waals surface area contributed by atoms with E-state index in [0.717, 1.165) is 47.3 Å². The van der Waals surface area contributed by atoms with Crippen LogP contribution in [-0.2, 0) is 0 Å². The van der Waals surface area contributed by atoms with E-state index in [9.17, 15) is 0 Å². The molecule has 6 atom stereocenters. The first-order valence-electron chi connectivity index (χ1n) is 9.76. The third kappa shape index (κ3) is 2.84. The van der Waals surface area contributed by atoms with E-state index in [1.165, 1.54) is 32.1 Å². The molecule has 0 amide bonds. The Labute approximate surface area is 132 Å². The molecule has 0 aliphatic heterocycles. The van der Waals surface area contributed by atoms with E-state index in [1.807, 2.05) is 0 Å². The summed E-state index contributed by atoms with van der Waals surface area (Å²) in [5.74, 6) is 8.59. The molecule has 0 heteroatoms. The minimum Gasteiger partial charge on any atom is -0.0917 e. The van der Waals surface area contributed by atoms with E-state index in [4.69, 9.17) is 0 Å². The molecule has 0 spiro atoms. The maximum atomic E-state index is 2.56. The molecule has 0 nitrogen and oxygen atoms in total. The van der Waals surface area contributed by atoms with Gasteiger partial charge in [0, 0.05) is 0 Å². The predicted octanol–water partition coefficient (Wildman–Crippen LogP) is 6.32. The van der Waals surface area contributed by atoms with Crippen LogP contribution in [-0.4, -0.2) is 0 Å². The van der Waals surface area contributed by atoms with E-state index in [1.54, 1.807) is 12.8 Å². The molecule has 3 aliphatic carbocycles. The molecule has 3 fully saturated rings. The van der Waals surface area contributed by atoms with E-state index in [-0.39, 0.29) is 0 Å². The van der Waals surface area contributed by atoms with Crippen molar-refractivity contribution in [3.05, 3.63) is 12.2 Å². The Balaban J connectivity index is 1.50. The van der Waals surface area contributed by atoms with Gasteiger partial charge < -0.3 is 0 Å². The zero-order valence-electron chi connectivity index (χ0n) is 14.7. The molecule has 3 saturated carbocycles. The molecule has 0 N–H and O–H groups in total. The fraction of sp³-hybridized carbons (Fsp3) is 0.905. The molecule has 0 aromatic heterocycles. The summed E-state index contributed by atoms with van der Waals surface area (Å²) in [5.41, 5.74) is 0. The lowest BCUT2D eigenvalue weighted by atomic mass is 9.41. The highest BCUT2D eigenvalue weighted by molar-refractivity contribution is 5.07. The van der Waals surface area contributed by atoms with Crippen molar-refractivity contribution in [1.29, 1.82) is 0 Å². The largest absolute Gasteiger partial charge is 0.0917 e. The summed E-state index contributed by atoms with van der Waals surface area (Å²) in [6.07, 6.45) is 15.0. The summed E-state index contributed by atoms with van der Waals surface area (Å²) in [6, 6.07) is 0. The Bertz CT molecular complexity index is 362. The number of fused-ring (bicyclic) bond motifs is 1. The standard InChI is InChI=1S/C21H36/c1-5-7-8-9-17-13-20-15(4)19(21(17)20)12-16(6-2)18-10-14(3)11-18/h5,7,14-21H,6,8-13H2,1-4H3. The van der Waals surface area contributed by atoms with Crippen molar-refractivity contribution in [3.8, 4) is 0 Å². The monoisotopic (exact) mass is 288 g/mol. The number of rotatable bonds is 7. The van der Waals surface area contributed by atoms with Gasteiger partial charge in [0.25, 0.3) is 0 Å². The molecule has 0 saturated heterocycles. The van der Waals surface area contributed by atoms with Crippen LogP contribution >= 0.6 is 0 Å². The van der Waals surface area contributed by atoms with Crippen molar-refractivity contribution in [2.24, 2.45) is 47.3 Å². The molecule has 3 rings (SSSR count). The molecular formula is C21H36. The summed E-state index contributed by atoms with van der Waals surface area (Å²) in [6.45, 7) is 9.60. The average Bonchev–Trinajstić information content (AvgIpc) is 2.43. The first kappa shape index (κ1) is 15.6.